The zero-order valence-corrected chi connectivity index (χ0v) is 20.1. The van der Waals surface area contributed by atoms with Gasteiger partial charge in [0.2, 0.25) is 0 Å². The number of carbonyl (C=O) groups is 3. The summed E-state index contributed by atoms with van der Waals surface area (Å²) < 4.78 is 5.17. The number of hydrogen-bond acceptors (Lipinski definition) is 4. The summed E-state index contributed by atoms with van der Waals surface area (Å²) in [5.41, 5.74) is 1.30. The molecule has 0 saturated carbocycles. The van der Waals surface area contributed by atoms with Crippen molar-refractivity contribution in [1.82, 2.24) is 4.90 Å². The Kier molecular flexibility index (Phi) is 7.29. The lowest BCUT2D eigenvalue weighted by Crippen LogP contribution is -2.53. The van der Waals surface area contributed by atoms with Crippen molar-refractivity contribution in [2.24, 2.45) is 5.92 Å². The third kappa shape index (κ3) is 4.57. The van der Waals surface area contributed by atoms with Gasteiger partial charge >= 0.3 is 11.9 Å². The first-order chi connectivity index (χ1) is 16.3. The fourth-order valence-corrected chi connectivity index (χ4v) is 5.63. The molecule has 4 unspecified atom stereocenters. The van der Waals surface area contributed by atoms with Crippen LogP contribution in [0.4, 0.5) is 0 Å². The molecular weight excluding hydrogens is 477 g/mol. The minimum absolute atomic E-state index is 0.132. The Balaban J connectivity index is 1.88. The molecule has 1 heterocycles. The number of carboxylic acid groups (broad SMARTS) is 1. The Bertz CT molecular complexity index is 1150. The Labute approximate surface area is 208 Å². The van der Waals surface area contributed by atoms with E-state index < -0.39 is 24.0 Å². The number of rotatable bonds is 6. The van der Waals surface area contributed by atoms with Crippen LogP contribution in [0.3, 0.4) is 0 Å². The molecule has 1 aliphatic heterocycles. The van der Waals surface area contributed by atoms with E-state index in [1.54, 1.807) is 54.3 Å². The van der Waals surface area contributed by atoms with E-state index in [0.717, 1.165) is 0 Å². The normalized spacial score (nSPS) is 24.0. The molecule has 0 saturated heterocycles. The van der Waals surface area contributed by atoms with Crippen LogP contribution in [-0.4, -0.2) is 40.5 Å². The molecule has 4 rings (SSSR count). The van der Waals surface area contributed by atoms with Gasteiger partial charge in [-0.3, -0.25) is 14.4 Å². The summed E-state index contributed by atoms with van der Waals surface area (Å²) in [6, 6.07) is 10.4. The molecule has 0 bridgehead atoms. The molecule has 0 radical (unpaired) electrons. The number of aliphatic carboxylic acids is 1. The summed E-state index contributed by atoms with van der Waals surface area (Å²) in [6.45, 7) is 2.02. The van der Waals surface area contributed by atoms with Gasteiger partial charge in [-0.15, -0.1) is 0 Å². The van der Waals surface area contributed by atoms with Crippen LogP contribution < -0.4 is 0 Å². The van der Waals surface area contributed by atoms with E-state index in [1.807, 2.05) is 12.2 Å². The number of allylic oxidation sites excluding steroid dienone is 1. The van der Waals surface area contributed by atoms with Crippen molar-refractivity contribution in [2.45, 2.75) is 44.2 Å². The molecule has 0 aromatic heterocycles. The van der Waals surface area contributed by atoms with Crippen LogP contribution in [-0.2, 0) is 14.3 Å². The monoisotopic (exact) mass is 501 g/mol. The molecule has 1 N–H and O–H groups in total. The van der Waals surface area contributed by atoms with Crippen molar-refractivity contribution in [3.05, 3.63) is 81.4 Å². The number of benzene rings is 2. The maximum absolute atomic E-state index is 13.9. The summed E-state index contributed by atoms with van der Waals surface area (Å²) in [7, 11) is 0. The van der Waals surface area contributed by atoms with E-state index in [1.165, 1.54) is 0 Å². The van der Waals surface area contributed by atoms with Gasteiger partial charge in [-0.2, -0.15) is 0 Å². The smallest absolute Gasteiger partial charge is 0.313 e. The predicted molar refractivity (Wildman–Crippen MR) is 129 cm³/mol. The third-order valence-electron chi connectivity index (χ3n) is 6.54. The largest absolute Gasteiger partial charge is 0.481 e. The predicted octanol–water partition coefficient (Wildman–Crippen LogP) is 5.65. The second-order valence-electron chi connectivity index (χ2n) is 8.51. The van der Waals surface area contributed by atoms with Crippen LogP contribution in [0, 0.1) is 5.92 Å². The molecule has 0 fully saturated rings. The van der Waals surface area contributed by atoms with Gasteiger partial charge in [0.25, 0.3) is 5.91 Å². The topological polar surface area (TPSA) is 83.9 Å². The summed E-state index contributed by atoms with van der Waals surface area (Å²) in [5.74, 6) is -2.94. The van der Waals surface area contributed by atoms with E-state index in [9.17, 15) is 19.5 Å². The molecule has 0 spiro atoms. The van der Waals surface area contributed by atoms with Crippen molar-refractivity contribution >= 4 is 41.0 Å². The lowest BCUT2D eigenvalue weighted by atomic mass is 9.76. The fraction of sp³-hybridized carbons (Fsp3) is 0.346. The highest BCUT2D eigenvalue weighted by atomic mass is 35.5. The molecule has 4 atom stereocenters. The second-order valence-corrected chi connectivity index (χ2v) is 9.35. The molecule has 2 aromatic carbocycles. The highest BCUT2D eigenvalue weighted by Crippen LogP contribution is 2.48. The van der Waals surface area contributed by atoms with E-state index >= 15 is 0 Å². The maximum Gasteiger partial charge on any atom is 0.313 e. The van der Waals surface area contributed by atoms with Crippen LogP contribution in [0.2, 0.25) is 10.0 Å². The molecule has 178 valence electrons. The molecule has 34 heavy (non-hydrogen) atoms. The van der Waals surface area contributed by atoms with E-state index in [4.69, 9.17) is 27.9 Å². The number of carboxylic acids is 1. The second kappa shape index (κ2) is 10.2. The summed E-state index contributed by atoms with van der Waals surface area (Å²) in [5, 5.41) is 11.0. The fourth-order valence-electron chi connectivity index (χ4n) is 5.11. The van der Waals surface area contributed by atoms with Crippen LogP contribution in [0.25, 0.3) is 0 Å². The highest BCUT2D eigenvalue weighted by Gasteiger charge is 2.49. The number of nitrogens with zero attached hydrogens (tertiary/aromatic N) is 1. The van der Waals surface area contributed by atoms with Crippen molar-refractivity contribution in [1.29, 1.82) is 0 Å². The van der Waals surface area contributed by atoms with Crippen LogP contribution in [0.1, 0.15) is 59.6 Å². The van der Waals surface area contributed by atoms with Crippen LogP contribution in [0.5, 0.6) is 0 Å². The zero-order valence-electron chi connectivity index (χ0n) is 18.6. The Morgan fingerprint density at radius 1 is 1.09 bits per heavy atom. The van der Waals surface area contributed by atoms with E-state index in [-0.39, 0.29) is 35.8 Å². The summed E-state index contributed by atoms with van der Waals surface area (Å²) >= 11 is 12.7. The van der Waals surface area contributed by atoms with Crippen LogP contribution >= 0.6 is 23.2 Å². The van der Waals surface area contributed by atoms with Gasteiger partial charge in [0, 0.05) is 21.7 Å². The molecule has 8 heteroatoms. The third-order valence-corrected chi connectivity index (χ3v) is 7.10. The number of ether oxygens (including phenoxy) is 1. The number of halogens is 2. The molecular formula is C26H25Cl2NO5. The van der Waals surface area contributed by atoms with Gasteiger partial charge in [0.05, 0.1) is 19.1 Å². The SMILES string of the molecule is CCOC(=O)CC1CC=CCC1N1C(=O)c2ccccc2C(C(=O)O)C1c1ccc(Cl)cc1Cl. The van der Waals surface area contributed by atoms with Gasteiger partial charge in [-0.1, -0.05) is 59.6 Å². The average Bonchev–Trinajstić information content (AvgIpc) is 2.80. The summed E-state index contributed by atoms with van der Waals surface area (Å²) in [4.78, 5) is 40.6. The van der Waals surface area contributed by atoms with Crippen molar-refractivity contribution in [3.63, 3.8) is 0 Å². The Morgan fingerprint density at radius 2 is 1.82 bits per heavy atom. The van der Waals surface area contributed by atoms with Gasteiger partial charge in [0.1, 0.15) is 5.92 Å². The first-order valence-corrected chi connectivity index (χ1v) is 12.0. The van der Waals surface area contributed by atoms with Crippen molar-refractivity contribution in [2.75, 3.05) is 6.61 Å². The van der Waals surface area contributed by atoms with Gasteiger partial charge in [-0.05, 0) is 55.0 Å². The lowest BCUT2D eigenvalue weighted by Gasteiger charge is -2.47. The maximum atomic E-state index is 13.9. The molecule has 2 aromatic rings. The molecule has 1 aliphatic carbocycles. The lowest BCUT2D eigenvalue weighted by molar-refractivity contribution is -0.146. The van der Waals surface area contributed by atoms with Gasteiger partial charge in [0.15, 0.2) is 0 Å². The quantitative estimate of drug-likeness (QED) is 0.408. The molecule has 1 amide bonds. The molecule has 2 aliphatic rings. The summed E-state index contributed by atoms with van der Waals surface area (Å²) in [6.07, 6.45) is 5.16. The van der Waals surface area contributed by atoms with E-state index in [2.05, 4.69) is 0 Å². The standard InChI is InChI=1S/C26H25Cl2NO5/c1-2-34-22(30)13-15-7-3-6-10-21(15)29-24(19-12-11-16(27)14-20(19)28)23(26(32)33)17-8-4-5-9-18(17)25(29)31/h3-6,8-9,11-12,14-15,21,23-24H,2,7,10,13H2,1H3,(H,32,33). The van der Waals surface area contributed by atoms with Gasteiger partial charge < -0.3 is 14.7 Å². The minimum Gasteiger partial charge on any atom is -0.481 e. The first kappa shape index (κ1) is 24.3. The number of fused-ring (bicyclic) bond motifs is 1. The van der Waals surface area contributed by atoms with Crippen molar-refractivity contribution < 1.29 is 24.2 Å². The highest BCUT2D eigenvalue weighted by molar-refractivity contribution is 6.35. The van der Waals surface area contributed by atoms with Crippen LogP contribution in [0.15, 0.2) is 54.6 Å². The first-order valence-electron chi connectivity index (χ1n) is 11.2. The number of carbonyl (C=O) groups excluding carboxylic acids is 2. The number of amides is 1. The Morgan fingerprint density at radius 3 is 2.53 bits per heavy atom. The number of hydrogen-bond donors (Lipinski definition) is 1. The number of esters is 1. The van der Waals surface area contributed by atoms with Crippen molar-refractivity contribution in [3.8, 4) is 0 Å². The minimum atomic E-state index is -1.06. The average molecular weight is 502 g/mol. The van der Waals surface area contributed by atoms with Gasteiger partial charge in [-0.25, -0.2) is 0 Å². The van der Waals surface area contributed by atoms with E-state index in [0.29, 0.717) is 34.6 Å². The zero-order chi connectivity index (χ0) is 24.4. The Hall–Kier alpha value is -2.83. The molecule has 6 nitrogen and oxygen atoms in total.